The summed E-state index contributed by atoms with van der Waals surface area (Å²) in [6.45, 7) is 0. The standard InChI is InChI=1S/C21H27FN2/c22-19-10-6-7-16(14-19)13-17-8-4-5-9-18-15-23-24(21(17)18)20-11-2-1-3-12-20/h6-7,10,14-15,17,20H,1-5,8-9,11-13H2. The average molecular weight is 326 g/mol. The second-order valence-corrected chi connectivity index (χ2v) is 7.57. The molecule has 4 rings (SSSR count). The Balaban J connectivity index is 1.65. The first-order valence-electron chi connectivity index (χ1n) is 9.62. The van der Waals surface area contributed by atoms with E-state index in [0.29, 0.717) is 12.0 Å². The summed E-state index contributed by atoms with van der Waals surface area (Å²) in [5, 5.41) is 4.82. The van der Waals surface area contributed by atoms with Crippen molar-refractivity contribution in [2.75, 3.05) is 0 Å². The van der Waals surface area contributed by atoms with Gasteiger partial charge >= 0.3 is 0 Å². The topological polar surface area (TPSA) is 17.8 Å². The zero-order chi connectivity index (χ0) is 16.4. The van der Waals surface area contributed by atoms with Gasteiger partial charge in [0.25, 0.3) is 0 Å². The second kappa shape index (κ2) is 7.08. The quantitative estimate of drug-likeness (QED) is 0.673. The Morgan fingerprint density at radius 3 is 2.71 bits per heavy atom. The fourth-order valence-electron chi connectivity index (χ4n) is 4.66. The Morgan fingerprint density at radius 2 is 1.88 bits per heavy atom. The first-order chi connectivity index (χ1) is 11.8. The molecule has 0 radical (unpaired) electrons. The molecule has 1 aromatic heterocycles. The van der Waals surface area contributed by atoms with E-state index in [9.17, 15) is 4.39 Å². The van der Waals surface area contributed by atoms with E-state index in [1.807, 2.05) is 6.07 Å². The number of benzene rings is 1. The van der Waals surface area contributed by atoms with Crippen LogP contribution in [0.5, 0.6) is 0 Å². The monoisotopic (exact) mass is 326 g/mol. The minimum atomic E-state index is -0.123. The van der Waals surface area contributed by atoms with Crippen LogP contribution in [0.1, 0.15) is 80.1 Å². The molecule has 0 amide bonds. The van der Waals surface area contributed by atoms with Crippen LogP contribution < -0.4 is 0 Å². The van der Waals surface area contributed by atoms with Gasteiger partial charge in [0, 0.05) is 11.6 Å². The fourth-order valence-corrected chi connectivity index (χ4v) is 4.66. The molecule has 0 spiro atoms. The Labute approximate surface area is 144 Å². The van der Waals surface area contributed by atoms with E-state index in [2.05, 4.69) is 16.9 Å². The van der Waals surface area contributed by atoms with Gasteiger partial charge in [0.2, 0.25) is 0 Å². The first-order valence-corrected chi connectivity index (χ1v) is 9.62. The number of hydrogen-bond donors (Lipinski definition) is 0. The third-order valence-electron chi connectivity index (χ3n) is 5.84. The van der Waals surface area contributed by atoms with Crippen molar-refractivity contribution >= 4 is 0 Å². The van der Waals surface area contributed by atoms with Crippen LogP contribution in [-0.2, 0) is 12.8 Å². The summed E-state index contributed by atoms with van der Waals surface area (Å²) in [5.41, 5.74) is 4.02. The molecule has 2 aliphatic carbocycles. The van der Waals surface area contributed by atoms with Crippen LogP contribution in [0.2, 0.25) is 0 Å². The molecule has 1 heterocycles. The van der Waals surface area contributed by atoms with E-state index in [4.69, 9.17) is 5.10 Å². The Kier molecular flexibility index (Phi) is 4.68. The molecule has 0 N–H and O–H groups in total. The van der Waals surface area contributed by atoms with E-state index in [1.165, 1.54) is 68.7 Å². The van der Waals surface area contributed by atoms with Crippen molar-refractivity contribution in [1.82, 2.24) is 9.78 Å². The van der Waals surface area contributed by atoms with Crippen LogP contribution in [0.4, 0.5) is 4.39 Å². The minimum Gasteiger partial charge on any atom is -0.266 e. The van der Waals surface area contributed by atoms with E-state index in [1.54, 1.807) is 6.07 Å². The Morgan fingerprint density at radius 1 is 1.04 bits per heavy atom. The number of aromatic nitrogens is 2. The minimum absolute atomic E-state index is 0.123. The van der Waals surface area contributed by atoms with Crippen LogP contribution in [-0.4, -0.2) is 9.78 Å². The highest BCUT2D eigenvalue weighted by molar-refractivity contribution is 5.28. The fraction of sp³-hybridized carbons (Fsp3) is 0.571. The average Bonchev–Trinajstić information content (AvgIpc) is 2.93. The number of rotatable bonds is 3. The predicted octanol–water partition coefficient (Wildman–Crippen LogP) is 5.58. The normalized spacial score (nSPS) is 22.1. The summed E-state index contributed by atoms with van der Waals surface area (Å²) < 4.78 is 16.0. The highest BCUT2D eigenvalue weighted by Gasteiger charge is 2.27. The first kappa shape index (κ1) is 15.9. The van der Waals surface area contributed by atoms with Crippen molar-refractivity contribution in [3.63, 3.8) is 0 Å². The largest absolute Gasteiger partial charge is 0.266 e. The number of aryl methyl sites for hydroxylation is 1. The summed E-state index contributed by atoms with van der Waals surface area (Å²) in [4.78, 5) is 0. The molecule has 3 heteroatoms. The third-order valence-corrected chi connectivity index (χ3v) is 5.84. The molecular weight excluding hydrogens is 299 g/mol. The molecule has 0 aliphatic heterocycles. The van der Waals surface area contributed by atoms with Crippen LogP contribution in [0, 0.1) is 5.82 Å². The third kappa shape index (κ3) is 3.26. The van der Waals surface area contributed by atoms with E-state index in [0.717, 1.165) is 18.4 Å². The molecule has 1 saturated carbocycles. The molecule has 128 valence electrons. The lowest BCUT2D eigenvalue weighted by atomic mass is 9.90. The van der Waals surface area contributed by atoms with Crippen LogP contribution >= 0.6 is 0 Å². The molecule has 2 nitrogen and oxygen atoms in total. The van der Waals surface area contributed by atoms with Crippen molar-refractivity contribution in [3.05, 3.63) is 53.1 Å². The number of fused-ring (bicyclic) bond motifs is 1. The summed E-state index contributed by atoms with van der Waals surface area (Å²) in [5.74, 6) is 0.357. The molecule has 2 aromatic rings. The van der Waals surface area contributed by atoms with E-state index < -0.39 is 0 Å². The van der Waals surface area contributed by atoms with Crippen molar-refractivity contribution in [3.8, 4) is 0 Å². The Hall–Kier alpha value is -1.64. The van der Waals surface area contributed by atoms with Gasteiger partial charge in [-0.25, -0.2) is 4.39 Å². The molecular formula is C21H27FN2. The van der Waals surface area contributed by atoms with Crippen LogP contribution in [0.25, 0.3) is 0 Å². The zero-order valence-corrected chi connectivity index (χ0v) is 14.4. The van der Waals surface area contributed by atoms with Crippen LogP contribution in [0.3, 0.4) is 0 Å². The van der Waals surface area contributed by atoms with Crippen molar-refractivity contribution < 1.29 is 4.39 Å². The van der Waals surface area contributed by atoms with E-state index in [-0.39, 0.29) is 5.82 Å². The van der Waals surface area contributed by atoms with Gasteiger partial charge in [0.05, 0.1) is 12.2 Å². The summed E-state index contributed by atoms with van der Waals surface area (Å²) in [6, 6.07) is 7.71. The van der Waals surface area contributed by atoms with Gasteiger partial charge in [-0.05, 0) is 61.8 Å². The summed E-state index contributed by atoms with van der Waals surface area (Å²) in [7, 11) is 0. The van der Waals surface area contributed by atoms with Crippen molar-refractivity contribution in [2.24, 2.45) is 0 Å². The van der Waals surface area contributed by atoms with Crippen molar-refractivity contribution in [2.45, 2.75) is 76.2 Å². The number of nitrogens with zero attached hydrogens (tertiary/aromatic N) is 2. The van der Waals surface area contributed by atoms with Gasteiger partial charge in [-0.1, -0.05) is 37.8 Å². The van der Waals surface area contributed by atoms with Crippen molar-refractivity contribution in [1.29, 1.82) is 0 Å². The lowest BCUT2D eigenvalue weighted by molar-refractivity contribution is 0.315. The lowest BCUT2D eigenvalue weighted by Gasteiger charge is -2.27. The predicted molar refractivity (Wildman–Crippen MR) is 94.7 cm³/mol. The maximum absolute atomic E-state index is 13.6. The highest BCUT2D eigenvalue weighted by Crippen LogP contribution is 2.37. The molecule has 24 heavy (non-hydrogen) atoms. The summed E-state index contributed by atoms with van der Waals surface area (Å²) in [6.07, 6.45) is 14.5. The van der Waals surface area contributed by atoms with Gasteiger partial charge in [-0.3, -0.25) is 4.68 Å². The second-order valence-electron chi connectivity index (χ2n) is 7.57. The van der Waals surface area contributed by atoms with E-state index >= 15 is 0 Å². The number of halogens is 1. The smallest absolute Gasteiger partial charge is 0.123 e. The number of hydrogen-bond acceptors (Lipinski definition) is 1. The van der Waals surface area contributed by atoms with Gasteiger partial charge in [-0.15, -0.1) is 0 Å². The lowest BCUT2D eigenvalue weighted by Crippen LogP contribution is -2.19. The molecule has 0 bridgehead atoms. The van der Waals surface area contributed by atoms with Crippen LogP contribution in [0.15, 0.2) is 30.5 Å². The van der Waals surface area contributed by atoms with Gasteiger partial charge < -0.3 is 0 Å². The summed E-state index contributed by atoms with van der Waals surface area (Å²) >= 11 is 0. The molecule has 2 aliphatic rings. The SMILES string of the molecule is Fc1cccc(CC2CCCCc3cnn(C4CCCCC4)c32)c1. The molecule has 0 saturated heterocycles. The zero-order valence-electron chi connectivity index (χ0n) is 14.4. The van der Waals surface area contributed by atoms with Gasteiger partial charge in [0.1, 0.15) is 5.82 Å². The Bertz CT molecular complexity index is 685. The maximum Gasteiger partial charge on any atom is 0.123 e. The van der Waals surface area contributed by atoms with Gasteiger partial charge in [-0.2, -0.15) is 5.10 Å². The molecule has 1 fully saturated rings. The highest BCUT2D eigenvalue weighted by atomic mass is 19.1. The molecule has 1 aromatic carbocycles. The van der Waals surface area contributed by atoms with Gasteiger partial charge in [0.15, 0.2) is 0 Å². The maximum atomic E-state index is 13.6. The molecule has 1 atom stereocenters. The molecule has 1 unspecified atom stereocenters.